The van der Waals surface area contributed by atoms with Crippen LogP contribution in [-0.2, 0) is 6.54 Å². The normalized spacial score (nSPS) is 16.1. The molecule has 0 aromatic heterocycles. The molecule has 1 nitrogen and oxygen atoms in total. The van der Waals surface area contributed by atoms with E-state index in [-0.39, 0.29) is 51.4 Å². The third-order valence-corrected chi connectivity index (χ3v) is 4.54. The Hall–Kier alpha value is -0.629. The predicted molar refractivity (Wildman–Crippen MR) is 97.6 cm³/mol. The molecule has 6 heteroatoms. The zero-order valence-corrected chi connectivity index (χ0v) is 18.1. The van der Waals surface area contributed by atoms with Crippen LogP contribution in [-0.4, -0.2) is 26.0 Å². The second-order valence-corrected chi connectivity index (χ2v) is 6.30. The van der Waals surface area contributed by atoms with Crippen LogP contribution in [0.5, 0.6) is 0 Å². The second kappa shape index (κ2) is 10.1. The van der Waals surface area contributed by atoms with Gasteiger partial charge in [-0.25, -0.2) is 0 Å². The van der Waals surface area contributed by atoms with Crippen molar-refractivity contribution >= 4 is 18.3 Å². The molecular weight excluding hydrogens is 361 g/mol. The van der Waals surface area contributed by atoms with Gasteiger partial charge in [-0.2, -0.15) is 0 Å². The minimum absolute atomic E-state index is 0. The number of halogens is 3. The third-order valence-electron chi connectivity index (χ3n) is 4.54. The largest absolute Gasteiger partial charge is 1.00 e. The van der Waals surface area contributed by atoms with Crippen molar-refractivity contribution in [2.24, 2.45) is 0 Å². The van der Waals surface area contributed by atoms with Crippen molar-refractivity contribution in [1.29, 1.82) is 0 Å². The second-order valence-electron chi connectivity index (χ2n) is 6.30. The van der Waals surface area contributed by atoms with Gasteiger partial charge in [-0.1, -0.05) is 66.7 Å². The van der Waals surface area contributed by atoms with E-state index in [1.807, 2.05) is 0 Å². The van der Waals surface area contributed by atoms with Crippen LogP contribution >= 0.6 is 0 Å². The Kier molecular flexibility index (Phi) is 8.39. The molecule has 0 bridgehead atoms. The maximum Gasteiger partial charge on any atom is 1.00 e. The van der Waals surface area contributed by atoms with Gasteiger partial charge in [0.05, 0.1) is 0 Å². The van der Waals surface area contributed by atoms with Gasteiger partial charge in [-0.3, -0.25) is 12.9 Å². The summed E-state index contributed by atoms with van der Waals surface area (Å²) in [6.45, 7) is 2.15. The maximum absolute atomic E-state index is 9.67. The topological polar surface area (TPSA) is 3.24 Å². The number of rotatable bonds is 1. The van der Waals surface area contributed by atoms with E-state index < -0.39 is 7.54 Å². The molecule has 0 saturated carbocycles. The number of likely N-dealkylation sites (N-methyl/N-ethyl adjacent to an activating group) is 1. The van der Waals surface area contributed by atoms with E-state index in [1.165, 1.54) is 27.5 Å². The summed E-state index contributed by atoms with van der Waals surface area (Å²) in [4.78, 5) is 2.42. The van der Waals surface area contributed by atoms with E-state index in [0.29, 0.717) is 5.92 Å². The first-order chi connectivity index (χ1) is 12.0. The first kappa shape index (κ1) is 21.7. The minimum Gasteiger partial charge on any atom is -0.301 e. The Bertz CT molecular complexity index is 856. The van der Waals surface area contributed by atoms with E-state index in [4.69, 9.17) is 0 Å². The Balaban J connectivity index is 0.000000444. The van der Waals surface area contributed by atoms with Gasteiger partial charge in [0.2, 0.25) is 0 Å². The van der Waals surface area contributed by atoms with E-state index >= 15 is 0 Å². The number of hydrogen-bond acceptors (Lipinski definition) is 1. The zero-order valence-electron chi connectivity index (χ0n) is 15.0. The van der Waals surface area contributed by atoms with Gasteiger partial charge in [-0.15, -0.1) is 0 Å². The van der Waals surface area contributed by atoms with Gasteiger partial charge in [0.15, 0.2) is 0 Å². The molecule has 0 aliphatic carbocycles. The SMILES string of the molecule is CN1Cc2ccccc2C(c2ccc3ccccc3c2)C1.FB(F)F.[K+]. The van der Waals surface area contributed by atoms with Crippen LogP contribution in [0, 0.1) is 0 Å². The van der Waals surface area contributed by atoms with Gasteiger partial charge >= 0.3 is 58.9 Å². The van der Waals surface area contributed by atoms with E-state index in [2.05, 4.69) is 78.7 Å². The Morgan fingerprint density at radius 3 is 2.23 bits per heavy atom. The molecule has 0 N–H and O–H groups in total. The van der Waals surface area contributed by atoms with Crippen molar-refractivity contribution in [3.05, 3.63) is 83.4 Å². The molecule has 1 aliphatic rings. The molecular formula is C20H19BF3KN+. The van der Waals surface area contributed by atoms with Gasteiger partial charge < -0.3 is 4.90 Å². The first-order valence-electron chi connectivity index (χ1n) is 8.22. The Morgan fingerprint density at radius 1 is 0.885 bits per heavy atom. The van der Waals surface area contributed by atoms with Crippen molar-refractivity contribution in [1.82, 2.24) is 4.90 Å². The molecule has 128 valence electrons. The van der Waals surface area contributed by atoms with Crippen molar-refractivity contribution in [3.63, 3.8) is 0 Å². The first-order valence-corrected chi connectivity index (χ1v) is 8.22. The zero-order chi connectivity index (χ0) is 17.8. The summed E-state index contributed by atoms with van der Waals surface area (Å²) in [5.41, 5.74) is 4.38. The standard InChI is InChI=1S/C20H19N.BF3.K/c1-21-13-18-8-4-5-9-19(18)20(14-21)17-11-10-15-6-2-3-7-16(15)12-17;2-1(3)4;/h2-12,20H,13-14H2,1H3;;/q;;+1. The molecule has 1 atom stereocenters. The summed E-state index contributed by atoms with van der Waals surface area (Å²) in [5.74, 6) is 0.476. The fourth-order valence-corrected chi connectivity index (χ4v) is 3.49. The van der Waals surface area contributed by atoms with Crippen molar-refractivity contribution in [2.45, 2.75) is 12.5 Å². The molecule has 1 heterocycles. The predicted octanol–water partition coefficient (Wildman–Crippen LogP) is 2.30. The summed E-state index contributed by atoms with van der Waals surface area (Å²) >= 11 is 0. The summed E-state index contributed by atoms with van der Waals surface area (Å²) in [7, 11) is -1.45. The maximum atomic E-state index is 9.67. The van der Waals surface area contributed by atoms with E-state index in [9.17, 15) is 12.9 Å². The minimum atomic E-state index is -3.67. The van der Waals surface area contributed by atoms with Crippen LogP contribution in [0.4, 0.5) is 12.9 Å². The van der Waals surface area contributed by atoms with Gasteiger partial charge in [0.1, 0.15) is 0 Å². The van der Waals surface area contributed by atoms with Crippen LogP contribution in [0.3, 0.4) is 0 Å². The van der Waals surface area contributed by atoms with E-state index in [0.717, 1.165) is 13.1 Å². The molecule has 0 radical (unpaired) electrons. The van der Waals surface area contributed by atoms with Crippen molar-refractivity contribution in [3.8, 4) is 0 Å². The molecule has 0 fully saturated rings. The molecule has 0 spiro atoms. The Labute approximate surface area is 195 Å². The monoisotopic (exact) mass is 380 g/mol. The van der Waals surface area contributed by atoms with Gasteiger partial charge in [0.25, 0.3) is 0 Å². The van der Waals surface area contributed by atoms with Crippen molar-refractivity contribution < 1.29 is 64.3 Å². The molecule has 3 aromatic carbocycles. The molecule has 4 rings (SSSR count). The molecule has 0 amide bonds. The number of hydrogen-bond donors (Lipinski definition) is 0. The van der Waals surface area contributed by atoms with E-state index in [1.54, 1.807) is 0 Å². The molecule has 0 saturated heterocycles. The smallest absolute Gasteiger partial charge is 0.301 e. The fraction of sp³-hybridized carbons (Fsp3) is 0.200. The Morgan fingerprint density at radius 2 is 1.50 bits per heavy atom. The van der Waals surface area contributed by atoms with Crippen molar-refractivity contribution in [2.75, 3.05) is 13.6 Å². The summed E-state index contributed by atoms with van der Waals surface area (Å²) in [6.07, 6.45) is 0. The van der Waals surface area contributed by atoms with Crippen LogP contribution in [0.15, 0.2) is 66.7 Å². The van der Waals surface area contributed by atoms with Crippen LogP contribution in [0.25, 0.3) is 10.8 Å². The average molecular weight is 380 g/mol. The molecule has 1 aliphatic heterocycles. The summed E-state index contributed by atoms with van der Waals surface area (Å²) < 4.78 is 29.0. The summed E-state index contributed by atoms with van der Waals surface area (Å²) in [6, 6.07) is 24.4. The van der Waals surface area contributed by atoms with Crippen LogP contribution in [0.1, 0.15) is 22.6 Å². The fourth-order valence-electron chi connectivity index (χ4n) is 3.49. The molecule has 3 aromatic rings. The number of nitrogens with zero attached hydrogens (tertiary/aromatic N) is 1. The average Bonchev–Trinajstić information content (AvgIpc) is 2.60. The quantitative estimate of drug-likeness (QED) is 0.586. The molecule has 26 heavy (non-hydrogen) atoms. The third kappa shape index (κ3) is 5.44. The van der Waals surface area contributed by atoms with Gasteiger partial charge in [-0.05, 0) is 34.5 Å². The van der Waals surface area contributed by atoms with Crippen LogP contribution in [0.2, 0.25) is 0 Å². The summed E-state index contributed by atoms with van der Waals surface area (Å²) in [5, 5.41) is 2.65. The molecule has 1 unspecified atom stereocenters. The number of fused-ring (bicyclic) bond motifs is 2. The van der Waals surface area contributed by atoms with Gasteiger partial charge in [0, 0.05) is 19.0 Å². The van der Waals surface area contributed by atoms with Crippen LogP contribution < -0.4 is 51.4 Å². The number of benzene rings is 3.